The van der Waals surface area contributed by atoms with E-state index in [1.54, 1.807) is 4.68 Å². The van der Waals surface area contributed by atoms with Gasteiger partial charge in [-0.05, 0) is 26.7 Å². The molecule has 1 aliphatic rings. The molecule has 0 aromatic carbocycles. The van der Waals surface area contributed by atoms with Crippen LogP contribution in [0.3, 0.4) is 0 Å². The van der Waals surface area contributed by atoms with E-state index in [1.807, 2.05) is 13.8 Å². The first kappa shape index (κ1) is 12.7. The molecular weight excluding hydrogens is 226 g/mol. The second-order valence-corrected chi connectivity index (χ2v) is 5.24. The third-order valence-corrected chi connectivity index (χ3v) is 3.49. The Kier molecular flexibility index (Phi) is 3.75. The predicted molar refractivity (Wildman–Crippen MR) is 72.2 cm³/mol. The van der Waals surface area contributed by atoms with Gasteiger partial charge in [0.05, 0.1) is 0 Å². The smallest absolute Gasteiger partial charge is 0.168 e. The van der Waals surface area contributed by atoms with E-state index in [2.05, 4.69) is 16.5 Å². The summed E-state index contributed by atoms with van der Waals surface area (Å²) in [5, 5.41) is 17.0. The third-order valence-electron chi connectivity index (χ3n) is 3.49. The zero-order chi connectivity index (χ0) is 13.1. The van der Waals surface area contributed by atoms with Crippen LogP contribution in [-0.2, 0) is 0 Å². The molecule has 1 aromatic rings. The summed E-state index contributed by atoms with van der Waals surface area (Å²) in [6, 6.07) is 2.75. The molecule has 0 amide bonds. The highest BCUT2D eigenvalue weighted by atomic mass is 15.4. The summed E-state index contributed by atoms with van der Waals surface area (Å²) in [5.74, 6) is 1.11. The van der Waals surface area contributed by atoms with E-state index in [0.29, 0.717) is 23.2 Å². The van der Waals surface area contributed by atoms with Gasteiger partial charge < -0.3 is 11.1 Å². The number of hydrogen-bond acceptors (Lipinski definition) is 4. The van der Waals surface area contributed by atoms with Crippen molar-refractivity contribution < 1.29 is 0 Å². The molecule has 1 saturated carbocycles. The van der Waals surface area contributed by atoms with Gasteiger partial charge >= 0.3 is 0 Å². The molecule has 18 heavy (non-hydrogen) atoms. The molecule has 0 radical (unpaired) electrons. The van der Waals surface area contributed by atoms with E-state index in [9.17, 15) is 5.26 Å². The van der Waals surface area contributed by atoms with Crippen molar-refractivity contribution >= 4 is 11.6 Å². The molecule has 98 valence electrons. The Balaban J connectivity index is 2.21. The van der Waals surface area contributed by atoms with Gasteiger partial charge in [0.25, 0.3) is 0 Å². The maximum absolute atomic E-state index is 9.20. The lowest BCUT2D eigenvalue weighted by molar-refractivity contribution is 0.460. The number of nitrogens with two attached hydrogens (primary N) is 1. The van der Waals surface area contributed by atoms with Crippen molar-refractivity contribution in [2.24, 2.45) is 0 Å². The average molecular weight is 247 g/mol. The van der Waals surface area contributed by atoms with Crippen molar-refractivity contribution in [1.82, 2.24) is 9.78 Å². The monoisotopic (exact) mass is 247 g/mol. The number of nitrogens with zero attached hydrogens (tertiary/aromatic N) is 3. The van der Waals surface area contributed by atoms with Gasteiger partial charge in [0.15, 0.2) is 5.82 Å². The van der Waals surface area contributed by atoms with Crippen molar-refractivity contribution in [3.8, 4) is 6.07 Å². The van der Waals surface area contributed by atoms with E-state index in [1.165, 1.54) is 19.3 Å². The topological polar surface area (TPSA) is 79.7 Å². The number of aromatic nitrogens is 2. The summed E-state index contributed by atoms with van der Waals surface area (Å²) in [7, 11) is 0. The highest BCUT2D eigenvalue weighted by Gasteiger charge is 2.20. The summed E-state index contributed by atoms with van der Waals surface area (Å²) < 4.78 is 1.71. The minimum Gasteiger partial charge on any atom is -0.383 e. The average Bonchev–Trinajstić information content (AvgIpc) is 2.67. The van der Waals surface area contributed by atoms with Gasteiger partial charge in [-0.2, -0.15) is 10.4 Å². The SMILES string of the molecule is CC(C)n1nc(NC2CCCCC2)c(C#N)c1N. The molecule has 0 spiro atoms. The molecule has 0 unspecified atom stereocenters. The fourth-order valence-corrected chi connectivity index (χ4v) is 2.49. The largest absolute Gasteiger partial charge is 0.383 e. The molecule has 0 aliphatic heterocycles. The highest BCUT2D eigenvalue weighted by molar-refractivity contribution is 5.64. The van der Waals surface area contributed by atoms with E-state index in [0.717, 1.165) is 12.8 Å². The van der Waals surface area contributed by atoms with Crippen LogP contribution in [0.2, 0.25) is 0 Å². The fraction of sp³-hybridized carbons (Fsp3) is 0.692. The van der Waals surface area contributed by atoms with Crippen LogP contribution in [-0.4, -0.2) is 15.8 Å². The van der Waals surface area contributed by atoms with E-state index in [-0.39, 0.29) is 6.04 Å². The van der Waals surface area contributed by atoms with Crippen LogP contribution in [0.25, 0.3) is 0 Å². The van der Waals surface area contributed by atoms with Crippen LogP contribution in [0.1, 0.15) is 57.6 Å². The van der Waals surface area contributed by atoms with Gasteiger partial charge in [0.2, 0.25) is 0 Å². The molecule has 3 N–H and O–H groups in total. The molecule has 0 bridgehead atoms. The standard InChI is InChI=1S/C13H21N5/c1-9(2)18-12(15)11(8-14)13(17-18)16-10-6-4-3-5-7-10/h9-10H,3-7,15H2,1-2H3,(H,16,17). The zero-order valence-corrected chi connectivity index (χ0v) is 11.1. The van der Waals surface area contributed by atoms with Crippen molar-refractivity contribution in [3.63, 3.8) is 0 Å². The quantitative estimate of drug-likeness (QED) is 0.860. The molecule has 2 rings (SSSR count). The van der Waals surface area contributed by atoms with Crippen molar-refractivity contribution in [1.29, 1.82) is 5.26 Å². The first-order chi connectivity index (χ1) is 8.63. The Labute approximate surface area is 108 Å². The zero-order valence-electron chi connectivity index (χ0n) is 11.1. The van der Waals surface area contributed by atoms with Gasteiger partial charge in [0.1, 0.15) is 17.5 Å². The molecule has 5 heteroatoms. The van der Waals surface area contributed by atoms with E-state index in [4.69, 9.17) is 5.73 Å². The fourth-order valence-electron chi connectivity index (χ4n) is 2.49. The van der Waals surface area contributed by atoms with Crippen LogP contribution >= 0.6 is 0 Å². The highest BCUT2D eigenvalue weighted by Crippen LogP contribution is 2.27. The lowest BCUT2D eigenvalue weighted by Gasteiger charge is -2.22. The summed E-state index contributed by atoms with van der Waals surface area (Å²) in [4.78, 5) is 0. The third kappa shape index (κ3) is 2.42. The number of rotatable bonds is 3. The van der Waals surface area contributed by atoms with Crippen molar-refractivity contribution in [3.05, 3.63) is 5.56 Å². The molecule has 0 atom stereocenters. The summed E-state index contributed by atoms with van der Waals surface area (Å²) in [6.45, 7) is 4.02. The number of anilines is 2. The molecule has 1 heterocycles. The first-order valence-corrected chi connectivity index (χ1v) is 6.68. The Morgan fingerprint density at radius 2 is 2.06 bits per heavy atom. The Hall–Kier alpha value is -1.70. The normalized spacial score (nSPS) is 16.8. The van der Waals surface area contributed by atoms with E-state index >= 15 is 0 Å². The van der Waals surface area contributed by atoms with Gasteiger partial charge in [0, 0.05) is 12.1 Å². The van der Waals surface area contributed by atoms with Gasteiger partial charge in [-0.3, -0.25) is 0 Å². The summed E-state index contributed by atoms with van der Waals surface area (Å²) >= 11 is 0. The second kappa shape index (κ2) is 5.30. The van der Waals surface area contributed by atoms with Gasteiger partial charge in [-0.1, -0.05) is 19.3 Å². The lowest BCUT2D eigenvalue weighted by atomic mass is 9.95. The Morgan fingerprint density at radius 1 is 1.39 bits per heavy atom. The maximum atomic E-state index is 9.20. The number of nitrogens with one attached hydrogen (secondary N) is 1. The van der Waals surface area contributed by atoms with Crippen LogP contribution < -0.4 is 11.1 Å². The van der Waals surface area contributed by atoms with Crippen LogP contribution in [0, 0.1) is 11.3 Å². The Bertz CT molecular complexity index is 449. The molecular formula is C13H21N5. The van der Waals surface area contributed by atoms with Crippen LogP contribution in [0.15, 0.2) is 0 Å². The molecule has 1 aromatic heterocycles. The van der Waals surface area contributed by atoms with Crippen LogP contribution in [0.4, 0.5) is 11.6 Å². The predicted octanol–water partition coefficient (Wildman–Crippen LogP) is 2.66. The van der Waals surface area contributed by atoms with Crippen LogP contribution in [0.5, 0.6) is 0 Å². The van der Waals surface area contributed by atoms with Gasteiger partial charge in [-0.25, -0.2) is 4.68 Å². The minimum atomic E-state index is 0.166. The van der Waals surface area contributed by atoms with Crippen molar-refractivity contribution in [2.75, 3.05) is 11.1 Å². The summed E-state index contributed by atoms with van der Waals surface area (Å²) in [6.07, 6.45) is 6.12. The number of nitrogen functional groups attached to an aromatic ring is 1. The lowest BCUT2D eigenvalue weighted by Crippen LogP contribution is -2.23. The Morgan fingerprint density at radius 3 is 2.61 bits per heavy atom. The maximum Gasteiger partial charge on any atom is 0.168 e. The summed E-state index contributed by atoms with van der Waals surface area (Å²) in [5.41, 5.74) is 6.44. The number of hydrogen-bond donors (Lipinski definition) is 2. The molecule has 0 saturated heterocycles. The minimum absolute atomic E-state index is 0.166. The van der Waals surface area contributed by atoms with Gasteiger partial charge in [-0.15, -0.1) is 0 Å². The second-order valence-electron chi connectivity index (χ2n) is 5.24. The molecule has 1 aliphatic carbocycles. The van der Waals surface area contributed by atoms with Crippen molar-refractivity contribution in [2.45, 2.75) is 58.0 Å². The molecule has 5 nitrogen and oxygen atoms in total. The van der Waals surface area contributed by atoms with E-state index < -0.39 is 0 Å². The number of nitriles is 1. The first-order valence-electron chi connectivity index (χ1n) is 6.68. The molecule has 1 fully saturated rings.